The normalized spacial score (nSPS) is 19.3. The second-order valence-electron chi connectivity index (χ2n) is 5.16. The van der Waals surface area contributed by atoms with Crippen LogP contribution in [-0.4, -0.2) is 35.4 Å². The molecule has 1 saturated heterocycles. The van der Waals surface area contributed by atoms with Crippen LogP contribution in [0.3, 0.4) is 0 Å². The summed E-state index contributed by atoms with van der Waals surface area (Å²) in [6.07, 6.45) is 3.77. The molecule has 1 aromatic heterocycles. The third-order valence-corrected chi connectivity index (χ3v) is 3.80. The maximum atomic E-state index is 5.59. The Kier molecular flexibility index (Phi) is 3.80. The number of para-hydroxylation sites is 2. The molecule has 1 N–H and O–H groups in total. The summed E-state index contributed by atoms with van der Waals surface area (Å²) in [5.41, 5.74) is 2.29. The number of benzene rings is 1. The lowest BCUT2D eigenvalue weighted by atomic mass is 10.2. The van der Waals surface area contributed by atoms with Gasteiger partial charge in [-0.3, -0.25) is 0 Å². The Hall–Kier alpha value is -1.39. The number of ether oxygens (including phenoxy) is 1. The van der Waals surface area contributed by atoms with E-state index in [1.165, 1.54) is 18.4 Å². The molecule has 3 rings (SSSR count). The van der Waals surface area contributed by atoms with Crippen LogP contribution in [0.15, 0.2) is 24.3 Å². The molecule has 0 aliphatic carbocycles. The van der Waals surface area contributed by atoms with Gasteiger partial charge in [0.05, 0.1) is 17.1 Å². The molecule has 1 aromatic carbocycles. The lowest BCUT2D eigenvalue weighted by molar-refractivity contribution is 0.110. The molecule has 4 nitrogen and oxygen atoms in total. The van der Waals surface area contributed by atoms with Gasteiger partial charge in [-0.2, -0.15) is 0 Å². The minimum Gasteiger partial charge on any atom is -0.377 e. The molecular formula is C15H21N3O. The third-order valence-electron chi connectivity index (χ3n) is 3.80. The van der Waals surface area contributed by atoms with Crippen molar-refractivity contribution in [3.8, 4) is 0 Å². The lowest BCUT2D eigenvalue weighted by Crippen LogP contribution is -2.28. The summed E-state index contributed by atoms with van der Waals surface area (Å²) >= 11 is 0. The monoisotopic (exact) mass is 259 g/mol. The topological polar surface area (TPSA) is 39.1 Å². The molecule has 1 atom stereocenters. The standard InChI is InChI=1S/C15H21N3O/c1-18-14-7-3-2-6-13(14)17-15(18)8-9-16-11-12-5-4-10-19-12/h2-3,6-7,12,16H,4-5,8-11H2,1H3. The highest BCUT2D eigenvalue weighted by atomic mass is 16.5. The van der Waals surface area contributed by atoms with Crippen LogP contribution in [0.25, 0.3) is 11.0 Å². The van der Waals surface area contributed by atoms with Gasteiger partial charge in [0, 0.05) is 33.2 Å². The Morgan fingerprint density at radius 1 is 1.42 bits per heavy atom. The van der Waals surface area contributed by atoms with Crippen LogP contribution in [0.2, 0.25) is 0 Å². The fraction of sp³-hybridized carbons (Fsp3) is 0.533. The van der Waals surface area contributed by atoms with Crippen LogP contribution < -0.4 is 5.32 Å². The van der Waals surface area contributed by atoms with Gasteiger partial charge < -0.3 is 14.6 Å². The lowest BCUT2D eigenvalue weighted by Gasteiger charge is -2.10. The Balaban J connectivity index is 1.54. The SMILES string of the molecule is Cn1c(CCNCC2CCCO2)nc2ccccc21. The van der Waals surface area contributed by atoms with E-state index in [1.54, 1.807) is 0 Å². The number of hydrogen-bond acceptors (Lipinski definition) is 3. The first-order valence-corrected chi connectivity index (χ1v) is 7.07. The van der Waals surface area contributed by atoms with Crippen molar-refractivity contribution in [3.63, 3.8) is 0 Å². The van der Waals surface area contributed by atoms with Gasteiger partial charge in [0.25, 0.3) is 0 Å². The zero-order valence-electron chi connectivity index (χ0n) is 11.4. The highest BCUT2D eigenvalue weighted by Gasteiger charge is 2.14. The summed E-state index contributed by atoms with van der Waals surface area (Å²) in [4.78, 5) is 4.67. The minimum absolute atomic E-state index is 0.417. The van der Waals surface area contributed by atoms with Crippen molar-refractivity contribution in [3.05, 3.63) is 30.1 Å². The van der Waals surface area contributed by atoms with E-state index in [1.807, 2.05) is 6.07 Å². The Morgan fingerprint density at radius 3 is 3.11 bits per heavy atom. The fourth-order valence-corrected chi connectivity index (χ4v) is 2.69. The van der Waals surface area contributed by atoms with Crippen LogP contribution >= 0.6 is 0 Å². The van der Waals surface area contributed by atoms with Gasteiger partial charge in [0.2, 0.25) is 0 Å². The molecule has 0 bridgehead atoms. The molecule has 0 saturated carbocycles. The summed E-state index contributed by atoms with van der Waals surface area (Å²) in [5, 5.41) is 3.47. The molecule has 1 aliphatic heterocycles. The Bertz CT molecular complexity index is 543. The Morgan fingerprint density at radius 2 is 2.32 bits per heavy atom. The minimum atomic E-state index is 0.417. The predicted octanol–water partition coefficient (Wildman–Crippen LogP) is 1.88. The van der Waals surface area contributed by atoms with Crippen LogP contribution in [0.1, 0.15) is 18.7 Å². The zero-order chi connectivity index (χ0) is 13.1. The first-order chi connectivity index (χ1) is 9.34. The smallest absolute Gasteiger partial charge is 0.110 e. The second kappa shape index (κ2) is 5.72. The molecule has 2 heterocycles. The molecule has 0 spiro atoms. The summed E-state index contributed by atoms with van der Waals surface area (Å²) in [6, 6.07) is 8.28. The maximum absolute atomic E-state index is 5.59. The number of fused-ring (bicyclic) bond motifs is 1. The highest BCUT2D eigenvalue weighted by Crippen LogP contribution is 2.14. The maximum Gasteiger partial charge on any atom is 0.110 e. The first kappa shape index (κ1) is 12.6. The fourth-order valence-electron chi connectivity index (χ4n) is 2.69. The predicted molar refractivity (Wildman–Crippen MR) is 76.3 cm³/mol. The summed E-state index contributed by atoms with van der Waals surface area (Å²) in [6.45, 7) is 2.85. The van der Waals surface area contributed by atoms with Crippen molar-refractivity contribution < 1.29 is 4.74 Å². The molecule has 1 fully saturated rings. The molecule has 1 aliphatic rings. The molecule has 102 valence electrons. The van der Waals surface area contributed by atoms with Crippen molar-refractivity contribution in [1.29, 1.82) is 0 Å². The largest absolute Gasteiger partial charge is 0.377 e. The van der Waals surface area contributed by atoms with Crippen molar-refractivity contribution in [2.75, 3.05) is 19.7 Å². The van der Waals surface area contributed by atoms with E-state index < -0.39 is 0 Å². The van der Waals surface area contributed by atoms with Gasteiger partial charge in [-0.15, -0.1) is 0 Å². The number of nitrogens with one attached hydrogen (secondary N) is 1. The van der Waals surface area contributed by atoms with E-state index in [9.17, 15) is 0 Å². The second-order valence-corrected chi connectivity index (χ2v) is 5.16. The van der Waals surface area contributed by atoms with Gasteiger partial charge in [-0.25, -0.2) is 4.98 Å². The number of hydrogen-bond donors (Lipinski definition) is 1. The molecular weight excluding hydrogens is 238 g/mol. The van der Waals surface area contributed by atoms with Crippen LogP contribution in [0.4, 0.5) is 0 Å². The van der Waals surface area contributed by atoms with E-state index in [2.05, 4.69) is 40.1 Å². The van der Waals surface area contributed by atoms with Crippen molar-refractivity contribution in [1.82, 2.24) is 14.9 Å². The van der Waals surface area contributed by atoms with Gasteiger partial charge in [0.1, 0.15) is 5.82 Å². The van der Waals surface area contributed by atoms with Crippen LogP contribution in [-0.2, 0) is 18.2 Å². The average molecular weight is 259 g/mol. The number of imidazole rings is 1. The number of rotatable bonds is 5. The number of nitrogens with zero attached hydrogens (tertiary/aromatic N) is 2. The van der Waals surface area contributed by atoms with Crippen molar-refractivity contribution >= 4 is 11.0 Å². The van der Waals surface area contributed by atoms with E-state index >= 15 is 0 Å². The van der Waals surface area contributed by atoms with Crippen LogP contribution in [0.5, 0.6) is 0 Å². The zero-order valence-corrected chi connectivity index (χ0v) is 11.4. The molecule has 0 radical (unpaired) electrons. The summed E-state index contributed by atoms with van der Waals surface area (Å²) < 4.78 is 7.78. The van der Waals surface area contributed by atoms with Gasteiger partial charge in [0.15, 0.2) is 0 Å². The molecule has 1 unspecified atom stereocenters. The van der Waals surface area contributed by atoms with E-state index in [0.29, 0.717) is 6.10 Å². The molecule has 0 amide bonds. The average Bonchev–Trinajstić information content (AvgIpc) is 3.04. The third kappa shape index (κ3) is 2.80. The van der Waals surface area contributed by atoms with Gasteiger partial charge in [-0.1, -0.05) is 12.1 Å². The van der Waals surface area contributed by atoms with Gasteiger partial charge >= 0.3 is 0 Å². The van der Waals surface area contributed by atoms with Crippen LogP contribution in [0, 0.1) is 0 Å². The van der Waals surface area contributed by atoms with Gasteiger partial charge in [-0.05, 0) is 25.0 Å². The van der Waals surface area contributed by atoms with E-state index in [-0.39, 0.29) is 0 Å². The molecule has 2 aromatic rings. The summed E-state index contributed by atoms with van der Waals surface area (Å²) in [7, 11) is 2.09. The molecule has 19 heavy (non-hydrogen) atoms. The number of aryl methyl sites for hydroxylation is 1. The quantitative estimate of drug-likeness (QED) is 0.833. The van der Waals surface area contributed by atoms with E-state index in [0.717, 1.165) is 37.5 Å². The van der Waals surface area contributed by atoms with Crippen molar-refractivity contribution in [2.45, 2.75) is 25.4 Å². The van der Waals surface area contributed by atoms with E-state index in [4.69, 9.17) is 4.74 Å². The number of aromatic nitrogens is 2. The summed E-state index contributed by atoms with van der Waals surface area (Å²) in [5.74, 6) is 1.14. The molecule has 4 heteroatoms. The first-order valence-electron chi connectivity index (χ1n) is 7.07. The Labute approximate surface area is 113 Å². The highest BCUT2D eigenvalue weighted by molar-refractivity contribution is 5.75. The van der Waals surface area contributed by atoms with Crippen molar-refractivity contribution in [2.24, 2.45) is 7.05 Å².